The second-order valence-corrected chi connectivity index (χ2v) is 5.93. The fraction of sp³-hybridized carbons (Fsp3) is 0.583. The molecule has 1 aliphatic heterocycles. The van der Waals surface area contributed by atoms with Gasteiger partial charge in [0, 0.05) is 0 Å². The van der Waals surface area contributed by atoms with Gasteiger partial charge >= 0.3 is 0 Å². The van der Waals surface area contributed by atoms with E-state index in [1.165, 1.54) is 37.0 Å². The molecule has 1 aromatic heterocycles. The Hall–Kier alpha value is -0.380. The SMILES string of the molecule is O=C(CN1CCCCCC1)c1ccc(Cl)s1. The van der Waals surface area contributed by atoms with Crippen molar-refractivity contribution in [1.82, 2.24) is 4.90 Å². The zero-order valence-electron chi connectivity index (χ0n) is 9.25. The summed E-state index contributed by atoms with van der Waals surface area (Å²) in [7, 11) is 0. The molecule has 2 nitrogen and oxygen atoms in total. The first kappa shape index (κ1) is 12.1. The van der Waals surface area contributed by atoms with Crippen molar-refractivity contribution in [2.24, 2.45) is 0 Å². The molecule has 0 unspecified atom stereocenters. The molecule has 0 bridgehead atoms. The molecule has 16 heavy (non-hydrogen) atoms. The summed E-state index contributed by atoms with van der Waals surface area (Å²) in [5.74, 6) is 0.207. The van der Waals surface area contributed by atoms with Crippen LogP contribution in [0.4, 0.5) is 0 Å². The van der Waals surface area contributed by atoms with Crippen molar-refractivity contribution < 1.29 is 4.79 Å². The second-order valence-electron chi connectivity index (χ2n) is 4.22. The molecule has 1 saturated heterocycles. The third-order valence-corrected chi connectivity index (χ3v) is 4.19. The van der Waals surface area contributed by atoms with Crippen molar-refractivity contribution in [3.63, 3.8) is 0 Å². The number of thiophene rings is 1. The molecule has 4 heteroatoms. The van der Waals surface area contributed by atoms with Gasteiger partial charge < -0.3 is 0 Å². The lowest BCUT2D eigenvalue weighted by atomic mass is 10.2. The molecule has 0 saturated carbocycles. The summed E-state index contributed by atoms with van der Waals surface area (Å²) in [6.45, 7) is 2.67. The second kappa shape index (κ2) is 5.80. The molecule has 0 aliphatic carbocycles. The van der Waals surface area contributed by atoms with Gasteiger partial charge in [0.25, 0.3) is 0 Å². The third kappa shape index (κ3) is 3.30. The van der Waals surface area contributed by atoms with E-state index in [0.717, 1.165) is 18.0 Å². The van der Waals surface area contributed by atoms with Crippen LogP contribution in [0.3, 0.4) is 0 Å². The Morgan fingerprint density at radius 2 is 1.94 bits per heavy atom. The summed E-state index contributed by atoms with van der Waals surface area (Å²) < 4.78 is 0.694. The number of carbonyl (C=O) groups is 1. The highest BCUT2D eigenvalue weighted by molar-refractivity contribution is 7.18. The van der Waals surface area contributed by atoms with Gasteiger partial charge in [-0.3, -0.25) is 9.69 Å². The first-order valence-corrected chi connectivity index (χ1v) is 6.96. The van der Waals surface area contributed by atoms with Crippen molar-refractivity contribution in [2.45, 2.75) is 25.7 Å². The van der Waals surface area contributed by atoms with Crippen LogP contribution in [0.25, 0.3) is 0 Å². The Balaban J connectivity index is 1.90. The maximum Gasteiger partial charge on any atom is 0.186 e. The van der Waals surface area contributed by atoms with Crippen LogP contribution in [-0.2, 0) is 0 Å². The number of halogens is 1. The molecule has 0 aromatic carbocycles. The lowest BCUT2D eigenvalue weighted by Crippen LogP contribution is -2.30. The highest BCUT2D eigenvalue weighted by Crippen LogP contribution is 2.22. The normalized spacial score (nSPS) is 18.3. The minimum absolute atomic E-state index is 0.207. The van der Waals surface area contributed by atoms with Gasteiger partial charge in [0.05, 0.1) is 15.8 Å². The van der Waals surface area contributed by atoms with Crippen molar-refractivity contribution >= 4 is 28.7 Å². The number of hydrogen-bond acceptors (Lipinski definition) is 3. The van der Waals surface area contributed by atoms with E-state index in [2.05, 4.69) is 4.90 Å². The molecule has 0 N–H and O–H groups in total. The average molecular weight is 258 g/mol. The summed E-state index contributed by atoms with van der Waals surface area (Å²) >= 11 is 7.20. The molecule has 1 fully saturated rings. The van der Waals surface area contributed by atoms with E-state index in [1.54, 1.807) is 6.07 Å². The topological polar surface area (TPSA) is 20.3 Å². The van der Waals surface area contributed by atoms with E-state index < -0.39 is 0 Å². The van der Waals surface area contributed by atoms with Crippen LogP contribution in [0.1, 0.15) is 35.4 Å². The van der Waals surface area contributed by atoms with Crippen molar-refractivity contribution in [1.29, 1.82) is 0 Å². The van der Waals surface area contributed by atoms with Gasteiger partial charge in [-0.05, 0) is 38.1 Å². The standard InChI is InChI=1S/C12H16ClNOS/c13-12-6-5-11(16-12)10(15)9-14-7-3-1-2-4-8-14/h5-6H,1-4,7-9H2. The number of hydrogen-bond donors (Lipinski definition) is 0. The van der Waals surface area contributed by atoms with Gasteiger partial charge in [0.2, 0.25) is 0 Å². The first-order chi connectivity index (χ1) is 7.75. The molecule has 2 rings (SSSR count). The summed E-state index contributed by atoms with van der Waals surface area (Å²) in [4.78, 5) is 15.0. The molecule has 0 atom stereocenters. The van der Waals surface area contributed by atoms with Gasteiger partial charge in [0.15, 0.2) is 5.78 Å². The van der Waals surface area contributed by atoms with E-state index in [-0.39, 0.29) is 5.78 Å². The first-order valence-electron chi connectivity index (χ1n) is 5.76. The van der Waals surface area contributed by atoms with E-state index in [0.29, 0.717) is 10.9 Å². The molecule has 0 spiro atoms. The molecule has 88 valence electrons. The molecular weight excluding hydrogens is 242 g/mol. The fourth-order valence-electron chi connectivity index (χ4n) is 2.04. The van der Waals surface area contributed by atoms with Crippen molar-refractivity contribution in [2.75, 3.05) is 19.6 Å². The van der Waals surface area contributed by atoms with Gasteiger partial charge in [-0.1, -0.05) is 24.4 Å². The van der Waals surface area contributed by atoms with Crippen LogP contribution in [0.5, 0.6) is 0 Å². The molecular formula is C12H16ClNOS. The monoisotopic (exact) mass is 257 g/mol. The fourth-order valence-corrected chi connectivity index (χ4v) is 3.01. The van der Waals surface area contributed by atoms with Crippen LogP contribution in [0.2, 0.25) is 4.34 Å². The molecule has 1 aromatic rings. The molecule has 2 heterocycles. The lowest BCUT2D eigenvalue weighted by molar-refractivity contribution is 0.0937. The maximum atomic E-state index is 11.9. The lowest BCUT2D eigenvalue weighted by Gasteiger charge is -2.17. The summed E-state index contributed by atoms with van der Waals surface area (Å²) in [5, 5.41) is 0. The number of ketones is 1. The molecule has 0 radical (unpaired) electrons. The Bertz CT molecular complexity index is 356. The Kier molecular flexibility index (Phi) is 4.38. The average Bonchev–Trinajstić information content (AvgIpc) is 2.54. The van der Waals surface area contributed by atoms with Crippen molar-refractivity contribution in [3.05, 3.63) is 21.3 Å². The zero-order valence-corrected chi connectivity index (χ0v) is 10.8. The van der Waals surface area contributed by atoms with Crippen LogP contribution in [0.15, 0.2) is 12.1 Å². The maximum absolute atomic E-state index is 11.9. The number of rotatable bonds is 3. The van der Waals surface area contributed by atoms with E-state index in [9.17, 15) is 4.79 Å². The number of nitrogens with zero attached hydrogens (tertiary/aromatic N) is 1. The Morgan fingerprint density at radius 3 is 2.50 bits per heavy atom. The summed E-state index contributed by atoms with van der Waals surface area (Å²) in [6.07, 6.45) is 5.04. The summed E-state index contributed by atoms with van der Waals surface area (Å²) in [6, 6.07) is 3.62. The smallest absolute Gasteiger partial charge is 0.186 e. The minimum atomic E-state index is 0.207. The van der Waals surface area contributed by atoms with Gasteiger partial charge in [-0.2, -0.15) is 0 Å². The van der Waals surface area contributed by atoms with Gasteiger partial charge in [-0.15, -0.1) is 11.3 Å². The Labute approximate surface area is 105 Å². The largest absolute Gasteiger partial charge is 0.296 e. The Morgan fingerprint density at radius 1 is 1.25 bits per heavy atom. The molecule has 1 aliphatic rings. The number of carbonyl (C=O) groups excluding carboxylic acids is 1. The quantitative estimate of drug-likeness (QED) is 0.773. The van der Waals surface area contributed by atoms with Crippen molar-refractivity contribution in [3.8, 4) is 0 Å². The number of Topliss-reactive ketones (excluding diaryl/α,β-unsaturated/α-hetero) is 1. The third-order valence-electron chi connectivity index (χ3n) is 2.91. The van der Waals surface area contributed by atoms with E-state index in [1.807, 2.05) is 6.07 Å². The predicted molar refractivity (Wildman–Crippen MR) is 68.6 cm³/mol. The summed E-state index contributed by atoms with van der Waals surface area (Å²) in [5.41, 5.74) is 0. The van der Waals surface area contributed by atoms with Crippen LogP contribution in [-0.4, -0.2) is 30.3 Å². The highest BCUT2D eigenvalue weighted by atomic mass is 35.5. The van der Waals surface area contributed by atoms with E-state index in [4.69, 9.17) is 11.6 Å². The van der Waals surface area contributed by atoms with Crippen LogP contribution in [0, 0.1) is 0 Å². The predicted octanol–water partition coefficient (Wildman–Crippen LogP) is 3.46. The van der Waals surface area contributed by atoms with Crippen LogP contribution < -0.4 is 0 Å². The van der Waals surface area contributed by atoms with E-state index >= 15 is 0 Å². The highest BCUT2D eigenvalue weighted by Gasteiger charge is 2.15. The molecule has 0 amide bonds. The van der Waals surface area contributed by atoms with Gasteiger partial charge in [0.1, 0.15) is 0 Å². The zero-order chi connectivity index (χ0) is 11.4. The minimum Gasteiger partial charge on any atom is -0.296 e. The van der Waals surface area contributed by atoms with Crippen LogP contribution >= 0.6 is 22.9 Å². The number of likely N-dealkylation sites (tertiary alicyclic amines) is 1. The van der Waals surface area contributed by atoms with Gasteiger partial charge in [-0.25, -0.2) is 0 Å².